The zero-order valence-electron chi connectivity index (χ0n) is 36.8. The lowest BCUT2D eigenvalue weighted by Crippen LogP contribution is -2.28. The Morgan fingerprint density at radius 3 is 1.74 bits per heavy atom. The predicted octanol–water partition coefficient (Wildman–Crippen LogP) is 15.0. The van der Waals surface area contributed by atoms with Gasteiger partial charge in [0.15, 0.2) is 17.5 Å². The van der Waals surface area contributed by atoms with Gasteiger partial charge in [-0.2, -0.15) is 5.26 Å². The van der Waals surface area contributed by atoms with Crippen molar-refractivity contribution in [3.63, 3.8) is 0 Å². The molecule has 0 fully saturated rings. The van der Waals surface area contributed by atoms with Gasteiger partial charge in [-0.3, -0.25) is 0 Å². The Bertz CT molecular complexity index is 3940. The lowest BCUT2D eigenvalue weighted by Gasteiger charge is -2.34. The monoisotopic (exact) mass is 865 g/mol. The van der Waals surface area contributed by atoms with Gasteiger partial charge in [-0.1, -0.05) is 188 Å². The first-order chi connectivity index (χ1) is 33.7. The van der Waals surface area contributed by atoms with Crippen molar-refractivity contribution in [3.8, 4) is 68.2 Å². The van der Waals surface area contributed by atoms with Gasteiger partial charge in [0.2, 0.25) is 0 Å². The zero-order chi connectivity index (χ0) is 45.2. The Hall–Kier alpha value is -9.24. The quantitative estimate of drug-likeness (QED) is 0.160. The van der Waals surface area contributed by atoms with Crippen molar-refractivity contribution >= 4 is 32.6 Å². The molecule has 1 aliphatic rings. The van der Waals surface area contributed by atoms with Gasteiger partial charge in [0.25, 0.3) is 0 Å². The first kappa shape index (κ1) is 39.2. The largest absolute Gasteiger partial charge is 0.309 e. The second-order valence-corrected chi connectivity index (χ2v) is 17.5. The van der Waals surface area contributed by atoms with Gasteiger partial charge in [0.1, 0.15) is 0 Å². The number of aromatic nitrogens is 4. The summed E-state index contributed by atoms with van der Waals surface area (Å²) in [6.07, 6.45) is 0. The number of hydrogen-bond donors (Lipinski definition) is 0. The van der Waals surface area contributed by atoms with E-state index in [2.05, 4.69) is 199 Å². The highest BCUT2D eigenvalue weighted by Gasteiger charge is 2.46. The minimum atomic E-state index is -0.578. The van der Waals surface area contributed by atoms with Crippen molar-refractivity contribution in [2.75, 3.05) is 0 Å². The number of para-hydroxylation sites is 1. The summed E-state index contributed by atoms with van der Waals surface area (Å²) in [5.74, 6) is 1.72. The fourth-order valence-electron chi connectivity index (χ4n) is 10.7. The summed E-state index contributed by atoms with van der Waals surface area (Å²) in [7, 11) is 0. The van der Waals surface area contributed by atoms with Crippen LogP contribution in [0.2, 0.25) is 0 Å². The molecule has 0 amide bonds. The van der Waals surface area contributed by atoms with Crippen LogP contribution in [-0.4, -0.2) is 19.5 Å². The molecule has 5 nitrogen and oxygen atoms in total. The summed E-state index contributed by atoms with van der Waals surface area (Å²) in [5, 5.41) is 14.6. The van der Waals surface area contributed by atoms with Crippen molar-refractivity contribution in [1.82, 2.24) is 19.5 Å². The first-order valence-electron chi connectivity index (χ1n) is 22.9. The Labute approximate surface area is 393 Å². The number of fused-ring (bicyclic) bond motifs is 7. The number of rotatable bonds is 7. The summed E-state index contributed by atoms with van der Waals surface area (Å²) in [4.78, 5) is 15.8. The molecule has 0 saturated carbocycles. The molecule has 2 heterocycles. The SMILES string of the molecule is N#Cc1cccc(-c2cc(-c3nc(-c4ccccc4)nc(-c4cccc5ccccc45)n3)cc(-n3c4ccccc4c4cc5c(cc43)C(c3ccccc3)(c3ccccc3)c3ccccc3-5)c2)c1. The van der Waals surface area contributed by atoms with E-state index in [-0.39, 0.29) is 0 Å². The van der Waals surface area contributed by atoms with Crippen LogP contribution in [0.3, 0.4) is 0 Å². The van der Waals surface area contributed by atoms with Crippen LogP contribution in [0.1, 0.15) is 27.8 Å². The standard InChI is InChI=1S/C63H39N5/c64-40-41-18-16-23-44(34-41)45-35-46(61-65-60(43-20-4-1-5-21-43)66-62(67-61)53-31-17-22-42-19-10-11-28-50(42)53)37-49(36-45)68-58-33-15-13-30-52(58)55-38-54-51-29-12-14-32-56(51)63(57(54)39-59(55)68,47-24-6-2-7-25-47)48-26-8-3-9-27-48/h1-39H. The molecule has 0 spiro atoms. The Kier molecular flexibility index (Phi) is 9.06. The van der Waals surface area contributed by atoms with E-state index in [1.807, 2.05) is 48.5 Å². The summed E-state index contributed by atoms with van der Waals surface area (Å²) in [6.45, 7) is 0. The van der Waals surface area contributed by atoms with E-state index < -0.39 is 5.41 Å². The summed E-state index contributed by atoms with van der Waals surface area (Å²) >= 11 is 0. The second-order valence-electron chi connectivity index (χ2n) is 17.5. The van der Waals surface area contributed by atoms with Crippen LogP contribution in [0.5, 0.6) is 0 Å². The third kappa shape index (κ3) is 6.12. The van der Waals surface area contributed by atoms with E-state index in [0.29, 0.717) is 23.0 Å². The van der Waals surface area contributed by atoms with E-state index in [1.165, 1.54) is 33.4 Å². The molecule has 10 aromatic carbocycles. The predicted molar refractivity (Wildman–Crippen MR) is 275 cm³/mol. The molecule has 0 atom stereocenters. The highest BCUT2D eigenvalue weighted by atomic mass is 15.0. The molecule has 0 N–H and O–H groups in total. The molecule has 0 radical (unpaired) electrons. The van der Waals surface area contributed by atoms with Gasteiger partial charge in [0, 0.05) is 33.2 Å². The zero-order valence-corrected chi connectivity index (χ0v) is 36.8. The number of nitriles is 1. The topological polar surface area (TPSA) is 67.4 Å². The Morgan fingerprint density at radius 1 is 0.368 bits per heavy atom. The number of hydrogen-bond acceptors (Lipinski definition) is 4. The normalized spacial score (nSPS) is 12.5. The van der Waals surface area contributed by atoms with Crippen molar-refractivity contribution in [2.45, 2.75) is 5.41 Å². The third-order valence-corrected chi connectivity index (χ3v) is 13.7. The van der Waals surface area contributed by atoms with Crippen molar-refractivity contribution in [3.05, 3.63) is 264 Å². The highest BCUT2D eigenvalue weighted by Crippen LogP contribution is 2.57. The third-order valence-electron chi connectivity index (χ3n) is 13.7. The van der Waals surface area contributed by atoms with Gasteiger partial charge >= 0.3 is 0 Å². The van der Waals surface area contributed by atoms with Crippen molar-refractivity contribution in [2.24, 2.45) is 0 Å². The maximum Gasteiger partial charge on any atom is 0.164 e. The van der Waals surface area contributed by atoms with E-state index in [4.69, 9.17) is 15.0 Å². The maximum atomic E-state index is 10.1. The lowest BCUT2D eigenvalue weighted by atomic mass is 9.67. The highest BCUT2D eigenvalue weighted by molar-refractivity contribution is 6.12. The van der Waals surface area contributed by atoms with Gasteiger partial charge in [-0.05, 0) is 104 Å². The molecule has 0 unspecified atom stereocenters. The number of benzene rings is 10. The summed E-state index contributed by atoms with van der Waals surface area (Å²) < 4.78 is 2.40. The molecule has 0 saturated heterocycles. The molecule has 316 valence electrons. The maximum absolute atomic E-state index is 10.1. The Morgan fingerprint density at radius 2 is 0.956 bits per heavy atom. The van der Waals surface area contributed by atoms with Crippen LogP contribution in [0, 0.1) is 11.3 Å². The summed E-state index contributed by atoms with van der Waals surface area (Å²) in [6, 6.07) is 85.9. The average Bonchev–Trinajstić information content (AvgIpc) is 3.90. The average molecular weight is 866 g/mol. The summed E-state index contributed by atoms with van der Waals surface area (Å²) in [5.41, 5.74) is 15.0. The molecule has 68 heavy (non-hydrogen) atoms. The van der Waals surface area contributed by atoms with Crippen LogP contribution in [-0.2, 0) is 5.41 Å². The molecule has 2 aromatic heterocycles. The Balaban J connectivity index is 1.12. The minimum Gasteiger partial charge on any atom is -0.309 e. The van der Waals surface area contributed by atoms with E-state index in [1.54, 1.807) is 0 Å². The molecule has 0 bridgehead atoms. The van der Waals surface area contributed by atoms with Gasteiger partial charge in [-0.25, -0.2) is 15.0 Å². The van der Waals surface area contributed by atoms with E-state index in [9.17, 15) is 5.26 Å². The molecular weight excluding hydrogens is 827 g/mol. The fraction of sp³-hybridized carbons (Fsp3) is 0.0159. The number of nitrogens with zero attached hydrogens (tertiary/aromatic N) is 5. The van der Waals surface area contributed by atoms with Gasteiger partial charge in [0.05, 0.1) is 28.1 Å². The van der Waals surface area contributed by atoms with Crippen molar-refractivity contribution in [1.29, 1.82) is 5.26 Å². The molecule has 13 rings (SSSR count). The van der Waals surface area contributed by atoms with Crippen LogP contribution < -0.4 is 0 Å². The van der Waals surface area contributed by atoms with Gasteiger partial charge in [-0.15, -0.1) is 0 Å². The van der Waals surface area contributed by atoms with Gasteiger partial charge < -0.3 is 4.57 Å². The van der Waals surface area contributed by atoms with Crippen molar-refractivity contribution < 1.29 is 0 Å². The van der Waals surface area contributed by atoms with E-state index >= 15 is 0 Å². The molecule has 0 aliphatic heterocycles. The molecule has 1 aliphatic carbocycles. The molecule has 5 heteroatoms. The van der Waals surface area contributed by atoms with Crippen LogP contribution in [0.25, 0.3) is 94.7 Å². The van der Waals surface area contributed by atoms with E-state index in [0.717, 1.165) is 66.1 Å². The smallest absolute Gasteiger partial charge is 0.164 e. The fourth-order valence-corrected chi connectivity index (χ4v) is 10.7. The lowest BCUT2D eigenvalue weighted by molar-refractivity contribution is 0.769. The van der Waals surface area contributed by atoms with Crippen LogP contribution in [0.4, 0.5) is 0 Å². The minimum absolute atomic E-state index is 0.547. The second kappa shape index (κ2) is 15.7. The molecule has 12 aromatic rings. The van der Waals surface area contributed by atoms with Crippen LogP contribution in [0.15, 0.2) is 237 Å². The molecular formula is C63H39N5. The first-order valence-corrected chi connectivity index (χ1v) is 22.9. The van der Waals surface area contributed by atoms with Crippen LogP contribution >= 0.6 is 0 Å².